The van der Waals surface area contributed by atoms with Gasteiger partial charge in [0.15, 0.2) is 0 Å². The van der Waals surface area contributed by atoms with Crippen molar-refractivity contribution in [3.8, 4) is 0 Å². The minimum Gasteiger partial charge on any atom is -0.247 e. The molecule has 1 heterocycles. The van der Waals surface area contributed by atoms with E-state index < -0.39 is 25.9 Å². The van der Waals surface area contributed by atoms with Crippen LogP contribution in [0.2, 0.25) is 0 Å². The van der Waals surface area contributed by atoms with Gasteiger partial charge >= 0.3 is 0 Å². The average molecular weight is 385 g/mol. The molecule has 15 heavy (non-hydrogen) atoms. The summed E-state index contributed by atoms with van der Waals surface area (Å²) in [6.45, 7) is 0. The molecule has 0 unspecified atom stereocenters. The Kier molecular flexibility index (Phi) is 4.07. The van der Waals surface area contributed by atoms with Crippen molar-refractivity contribution in [2.24, 2.45) is 0 Å². The van der Waals surface area contributed by atoms with Gasteiger partial charge in [-0.05, 0) is 31.9 Å². The van der Waals surface area contributed by atoms with E-state index in [9.17, 15) is 17.2 Å². The quantitative estimate of drug-likeness (QED) is 0.579. The lowest BCUT2D eigenvalue weighted by atomic mass is 10.3. The Morgan fingerprint density at radius 3 is 2.27 bits per heavy atom. The monoisotopic (exact) mass is 383 g/mol. The molecule has 0 saturated heterocycles. The van der Waals surface area contributed by atoms with Gasteiger partial charge < -0.3 is 0 Å². The SMILES string of the molecule is O=S(=O)(Cl)c1c(Br)ncc(Br)c1C(F)F. The maximum atomic E-state index is 12.6. The summed E-state index contributed by atoms with van der Waals surface area (Å²) in [6.07, 6.45) is -1.90. The molecule has 1 aromatic heterocycles. The molecule has 0 spiro atoms. The molecule has 84 valence electrons. The first-order valence-corrected chi connectivity index (χ1v) is 7.21. The lowest BCUT2D eigenvalue weighted by Gasteiger charge is -2.09. The first-order valence-electron chi connectivity index (χ1n) is 3.32. The van der Waals surface area contributed by atoms with Gasteiger partial charge in [0.25, 0.3) is 15.5 Å². The van der Waals surface area contributed by atoms with E-state index in [0.29, 0.717) is 0 Å². The Bertz CT molecular complexity index is 494. The van der Waals surface area contributed by atoms with Crippen LogP contribution in [0.4, 0.5) is 8.78 Å². The maximum absolute atomic E-state index is 12.6. The third kappa shape index (κ3) is 2.86. The van der Waals surface area contributed by atoms with E-state index in [2.05, 4.69) is 36.8 Å². The Morgan fingerprint density at radius 2 is 1.93 bits per heavy atom. The zero-order valence-electron chi connectivity index (χ0n) is 6.72. The van der Waals surface area contributed by atoms with Crippen molar-refractivity contribution in [1.29, 1.82) is 0 Å². The standard InChI is InChI=1S/C6H2Br2ClF2NO2S/c7-2-1-12-5(8)4(15(9,13)14)3(2)6(10)11/h1,6H. The van der Waals surface area contributed by atoms with Gasteiger partial charge in [-0.1, -0.05) is 0 Å². The zero-order valence-corrected chi connectivity index (χ0v) is 11.5. The summed E-state index contributed by atoms with van der Waals surface area (Å²) in [5, 5.41) is 0. The highest BCUT2D eigenvalue weighted by molar-refractivity contribution is 9.11. The molecule has 0 aliphatic heterocycles. The molecule has 0 aromatic carbocycles. The summed E-state index contributed by atoms with van der Waals surface area (Å²) in [7, 11) is 0.754. The van der Waals surface area contributed by atoms with Crippen LogP contribution >= 0.6 is 42.5 Å². The van der Waals surface area contributed by atoms with E-state index in [-0.39, 0.29) is 9.08 Å². The average Bonchev–Trinajstić information content (AvgIpc) is 2.05. The van der Waals surface area contributed by atoms with E-state index in [1.54, 1.807) is 0 Å². The summed E-state index contributed by atoms with van der Waals surface area (Å²) >= 11 is 5.54. The van der Waals surface area contributed by atoms with E-state index in [0.717, 1.165) is 6.20 Å². The Hall–Kier alpha value is 0.210. The van der Waals surface area contributed by atoms with E-state index >= 15 is 0 Å². The molecule has 0 aliphatic carbocycles. The van der Waals surface area contributed by atoms with Gasteiger partial charge in [-0.15, -0.1) is 0 Å². The molecule has 0 bridgehead atoms. The predicted octanol–water partition coefficient (Wildman–Crippen LogP) is 3.47. The maximum Gasteiger partial charge on any atom is 0.266 e. The van der Waals surface area contributed by atoms with Crippen molar-refractivity contribution < 1.29 is 17.2 Å². The van der Waals surface area contributed by atoms with Crippen LogP contribution in [-0.4, -0.2) is 13.4 Å². The van der Waals surface area contributed by atoms with Crippen LogP contribution in [0, 0.1) is 0 Å². The molecular formula is C6H2Br2ClF2NO2S. The van der Waals surface area contributed by atoms with Gasteiger partial charge in [0.05, 0.1) is 5.56 Å². The topological polar surface area (TPSA) is 47.0 Å². The number of hydrogen-bond donors (Lipinski definition) is 0. The van der Waals surface area contributed by atoms with E-state index in [1.165, 1.54) is 0 Å². The second-order valence-corrected chi connectivity index (χ2v) is 6.49. The van der Waals surface area contributed by atoms with Gasteiger partial charge in [0, 0.05) is 21.4 Å². The Labute approximate surface area is 106 Å². The van der Waals surface area contributed by atoms with Crippen molar-refractivity contribution in [2.75, 3.05) is 0 Å². The van der Waals surface area contributed by atoms with Crippen LogP contribution < -0.4 is 0 Å². The molecule has 1 aromatic rings. The second kappa shape index (κ2) is 4.60. The fourth-order valence-electron chi connectivity index (χ4n) is 0.896. The third-order valence-corrected chi connectivity index (χ3v) is 4.30. The molecule has 1 rings (SSSR count). The first kappa shape index (κ1) is 13.3. The molecule has 3 nitrogen and oxygen atoms in total. The van der Waals surface area contributed by atoms with Gasteiger partial charge in [-0.25, -0.2) is 22.2 Å². The highest BCUT2D eigenvalue weighted by Gasteiger charge is 2.28. The molecule has 9 heteroatoms. The Morgan fingerprint density at radius 1 is 1.40 bits per heavy atom. The molecule has 0 atom stereocenters. The largest absolute Gasteiger partial charge is 0.266 e. The number of nitrogens with zero attached hydrogens (tertiary/aromatic N) is 1. The smallest absolute Gasteiger partial charge is 0.247 e. The van der Waals surface area contributed by atoms with E-state index in [1.807, 2.05) is 0 Å². The molecule has 0 fully saturated rings. The van der Waals surface area contributed by atoms with Crippen LogP contribution in [-0.2, 0) is 9.05 Å². The third-order valence-electron chi connectivity index (χ3n) is 1.44. The zero-order chi connectivity index (χ0) is 11.8. The van der Waals surface area contributed by atoms with Crippen molar-refractivity contribution >= 4 is 51.6 Å². The van der Waals surface area contributed by atoms with Crippen LogP contribution in [0.1, 0.15) is 12.0 Å². The molecule has 0 N–H and O–H groups in total. The van der Waals surface area contributed by atoms with E-state index in [4.69, 9.17) is 10.7 Å². The van der Waals surface area contributed by atoms with Crippen molar-refractivity contribution in [3.05, 3.63) is 20.8 Å². The van der Waals surface area contributed by atoms with Crippen LogP contribution in [0.15, 0.2) is 20.2 Å². The summed E-state index contributed by atoms with van der Waals surface area (Å²) in [4.78, 5) is 2.85. The molecule has 0 amide bonds. The number of rotatable bonds is 2. The van der Waals surface area contributed by atoms with Gasteiger partial charge in [-0.2, -0.15) is 0 Å². The van der Waals surface area contributed by atoms with Gasteiger partial charge in [0.1, 0.15) is 9.50 Å². The van der Waals surface area contributed by atoms with Crippen molar-refractivity contribution in [2.45, 2.75) is 11.3 Å². The van der Waals surface area contributed by atoms with Gasteiger partial charge in [0.2, 0.25) is 0 Å². The number of halogens is 5. The minimum atomic E-state index is -4.28. The fourth-order valence-corrected chi connectivity index (χ4v) is 3.92. The van der Waals surface area contributed by atoms with Gasteiger partial charge in [-0.3, -0.25) is 0 Å². The van der Waals surface area contributed by atoms with Crippen molar-refractivity contribution in [3.63, 3.8) is 0 Å². The van der Waals surface area contributed by atoms with Crippen LogP contribution in [0.5, 0.6) is 0 Å². The first-order chi connectivity index (χ1) is 6.75. The molecule has 0 saturated carbocycles. The Balaban J connectivity index is 3.68. The lowest BCUT2D eigenvalue weighted by molar-refractivity contribution is 0.146. The number of aromatic nitrogens is 1. The lowest BCUT2D eigenvalue weighted by Crippen LogP contribution is -2.03. The molecule has 0 radical (unpaired) electrons. The van der Waals surface area contributed by atoms with Crippen LogP contribution in [0.3, 0.4) is 0 Å². The molecule has 0 aliphatic rings. The highest BCUT2D eigenvalue weighted by atomic mass is 79.9. The van der Waals surface area contributed by atoms with Crippen molar-refractivity contribution in [1.82, 2.24) is 4.98 Å². The summed E-state index contributed by atoms with van der Waals surface area (Å²) in [5.74, 6) is 0. The van der Waals surface area contributed by atoms with Crippen LogP contribution in [0.25, 0.3) is 0 Å². The summed E-state index contributed by atoms with van der Waals surface area (Å²) in [5.41, 5.74) is -0.702. The normalized spacial score (nSPS) is 12.1. The predicted molar refractivity (Wildman–Crippen MR) is 57.6 cm³/mol. The number of alkyl halides is 2. The fraction of sp³-hybridized carbons (Fsp3) is 0.167. The molecular weight excluding hydrogens is 383 g/mol. The minimum absolute atomic E-state index is 0.111. The number of hydrogen-bond acceptors (Lipinski definition) is 3. The summed E-state index contributed by atoms with van der Waals surface area (Å²) in [6, 6.07) is 0. The second-order valence-electron chi connectivity index (χ2n) is 2.38. The highest BCUT2D eigenvalue weighted by Crippen LogP contribution is 2.37. The summed E-state index contributed by atoms with van der Waals surface area (Å²) < 4.78 is 47.0. The number of pyridine rings is 1.